The standard InChI is InChI=1S/C20H20FN/c1-12-9-13(2)19-16-7-4-8-17(16)20(22-18(19)10-12)14-5-3-6-15(21)11-14/h3-7,9-11,16-17,20,22H,8H2,1-2H3/t16-,17-,20-/m1/s1. The number of halogens is 1. The van der Waals surface area contributed by atoms with Crippen molar-refractivity contribution in [2.45, 2.75) is 32.2 Å². The average molecular weight is 293 g/mol. The van der Waals surface area contributed by atoms with Gasteiger partial charge in [-0.25, -0.2) is 4.39 Å². The third-order valence-electron chi connectivity index (χ3n) is 5.02. The van der Waals surface area contributed by atoms with Crippen LogP contribution >= 0.6 is 0 Å². The molecule has 22 heavy (non-hydrogen) atoms. The molecule has 112 valence electrons. The van der Waals surface area contributed by atoms with Crippen LogP contribution in [0.5, 0.6) is 0 Å². The van der Waals surface area contributed by atoms with Crippen LogP contribution in [0.1, 0.15) is 40.6 Å². The van der Waals surface area contributed by atoms with E-state index in [0.717, 1.165) is 12.0 Å². The summed E-state index contributed by atoms with van der Waals surface area (Å²) in [7, 11) is 0. The molecule has 0 spiro atoms. The second-order valence-corrected chi connectivity index (χ2v) is 6.57. The van der Waals surface area contributed by atoms with Gasteiger partial charge in [0, 0.05) is 11.6 Å². The molecule has 0 saturated heterocycles. The van der Waals surface area contributed by atoms with Gasteiger partial charge in [-0.15, -0.1) is 0 Å². The molecule has 0 aromatic heterocycles. The van der Waals surface area contributed by atoms with Gasteiger partial charge in [0.25, 0.3) is 0 Å². The highest BCUT2D eigenvalue weighted by atomic mass is 19.1. The van der Waals surface area contributed by atoms with Gasteiger partial charge in [0.1, 0.15) is 5.82 Å². The average Bonchev–Trinajstić information content (AvgIpc) is 2.94. The van der Waals surface area contributed by atoms with Crippen molar-refractivity contribution < 1.29 is 4.39 Å². The van der Waals surface area contributed by atoms with Gasteiger partial charge in [0.05, 0.1) is 6.04 Å². The van der Waals surface area contributed by atoms with Crippen LogP contribution in [0.15, 0.2) is 48.6 Å². The molecule has 1 aliphatic carbocycles. The Bertz CT molecular complexity index is 762. The second kappa shape index (κ2) is 4.98. The predicted molar refractivity (Wildman–Crippen MR) is 88.7 cm³/mol. The highest BCUT2D eigenvalue weighted by Crippen LogP contribution is 2.50. The first kappa shape index (κ1) is 13.6. The summed E-state index contributed by atoms with van der Waals surface area (Å²) in [5, 5.41) is 3.69. The minimum atomic E-state index is -0.159. The van der Waals surface area contributed by atoms with Gasteiger partial charge >= 0.3 is 0 Å². The topological polar surface area (TPSA) is 12.0 Å². The Morgan fingerprint density at radius 1 is 1.14 bits per heavy atom. The van der Waals surface area contributed by atoms with Gasteiger partial charge < -0.3 is 5.32 Å². The van der Waals surface area contributed by atoms with Gasteiger partial charge in [0.15, 0.2) is 0 Å². The van der Waals surface area contributed by atoms with Gasteiger partial charge in [-0.3, -0.25) is 0 Å². The van der Waals surface area contributed by atoms with Gasteiger partial charge in [-0.2, -0.15) is 0 Å². The summed E-state index contributed by atoms with van der Waals surface area (Å²) in [4.78, 5) is 0. The van der Waals surface area contributed by atoms with Crippen molar-refractivity contribution >= 4 is 5.69 Å². The van der Waals surface area contributed by atoms with Crippen molar-refractivity contribution in [2.24, 2.45) is 5.92 Å². The van der Waals surface area contributed by atoms with Gasteiger partial charge in [-0.1, -0.05) is 30.4 Å². The third kappa shape index (κ3) is 2.06. The van der Waals surface area contributed by atoms with Crippen LogP contribution in [0.2, 0.25) is 0 Å². The van der Waals surface area contributed by atoms with E-state index in [2.05, 4.69) is 43.4 Å². The normalized spacial score (nSPS) is 25.5. The molecular formula is C20H20FN. The number of aryl methyl sites for hydroxylation is 2. The second-order valence-electron chi connectivity index (χ2n) is 6.57. The van der Waals surface area contributed by atoms with E-state index >= 15 is 0 Å². The Morgan fingerprint density at radius 2 is 2.00 bits per heavy atom. The summed E-state index contributed by atoms with van der Waals surface area (Å²) < 4.78 is 13.6. The van der Waals surface area contributed by atoms with E-state index in [0.29, 0.717) is 11.8 Å². The third-order valence-corrected chi connectivity index (χ3v) is 5.02. The highest BCUT2D eigenvalue weighted by molar-refractivity contribution is 5.63. The zero-order chi connectivity index (χ0) is 15.3. The first-order valence-electron chi connectivity index (χ1n) is 7.93. The van der Waals surface area contributed by atoms with Crippen LogP contribution in [0, 0.1) is 25.6 Å². The Labute approximate surface area is 130 Å². The zero-order valence-corrected chi connectivity index (χ0v) is 12.9. The number of fused-ring (bicyclic) bond motifs is 3. The molecule has 0 unspecified atom stereocenters. The van der Waals surface area contributed by atoms with Crippen LogP contribution < -0.4 is 5.32 Å². The van der Waals surface area contributed by atoms with E-state index in [4.69, 9.17) is 0 Å². The molecular weight excluding hydrogens is 273 g/mol. The molecule has 1 nitrogen and oxygen atoms in total. The lowest BCUT2D eigenvalue weighted by Gasteiger charge is -2.38. The Balaban J connectivity index is 1.84. The minimum absolute atomic E-state index is 0.159. The van der Waals surface area contributed by atoms with E-state index in [1.165, 1.54) is 28.4 Å². The van der Waals surface area contributed by atoms with Gasteiger partial charge in [0.2, 0.25) is 0 Å². The minimum Gasteiger partial charge on any atom is -0.378 e. The van der Waals surface area contributed by atoms with Crippen LogP contribution in [0.25, 0.3) is 0 Å². The van der Waals surface area contributed by atoms with E-state index in [9.17, 15) is 4.39 Å². The number of anilines is 1. The molecule has 1 heterocycles. The van der Waals surface area contributed by atoms with Crippen molar-refractivity contribution in [3.05, 3.63) is 76.6 Å². The predicted octanol–water partition coefficient (Wildman–Crippen LogP) is 5.27. The number of hydrogen-bond donors (Lipinski definition) is 1. The number of nitrogens with one attached hydrogen (secondary N) is 1. The molecule has 2 aromatic carbocycles. The summed E-state index contributed by atoms with van der Waals surface area (Å²) in [5.41, 5.74) is 6.28. The smallest absolute Gasteiger partial charge is 0.123 e. The summed E-state index contributed by atoms with van der Waals surface area (Å²) in [6.45, 7) is 4.32. The molecule has 1 aliphatic heterocycles. The molecule has 3 atom stereocenters. The number of hydrogen-bond acceptors (Lipinski definition) is 1. The van der Waals surface area contributed by atoms with Gasteiger partial charge in [-0.05, 0) is 66.6 Å². The number of rotatable bonds is 1. The maximum atomic E-state index is 13.6. The summed E-state index contributed by atoms with van der Waals surface area (Å²) in [5.74, 6) is 0.744. The van der Waals surface area contributed by atoms with Crippen LogP contribution in [0.3, 0.4) is 0 Å². The molecule has 0 amide bonds. The van der Waals surface area contributed by atoms with Crippen molar-refractivity contribution in [1.82, 2.24) is 0 Å². The first-order chi connectivity index (χ1) is 10.6. The molecule has 2 aliphatic rings. The molecule has 0 radical (unpaired) electrons. The fourth-order valence-corrected chi connectivity index (χ4v) is 4.17. The van der Waals surface area contributed by atoms with E-state index in [1.54, 1.807) is 12.1 Å². The maximum Gasteiger partial charge on any atom is 0.123 e. The summed E-state index contributed by atoms with van der Waals surface area (Å²) >= 11 is 0. The van der Waals surface area contributed by atoms with Crippen LogP contribution in [0.4, 0.5) is 10.1 Å². The van der Waals surface area contributed by atoms with Crippen LogP contribution in [-0.4, -0.2) is 0 Å². The number of allylic oxidation sites excluding steroid dienone is 2. The monoisotopic (exact) mass is 293 g/mol. The highest BCUT2D eigenvalue weighted by Gasteiger charge is 2.38. The Morgan fingerprint density at radius 3 is 2.82 bits per heavy atom. The summed E-state index contributed by atoms with van der Waals surface area (Å²) in [6, 6.07) is 11.7. The van der Waals surface area contributed by atoms with Crippen molar-refractivity contribution in [3.8, 4) is 0 Å². The quantitative estimate of drug-likeness (QED) is 0.706. The lowest BCUT2D eigenvalue weighted by atomic mass is 9.75. The lowest BCUT2D eigenvalue weighted by molar-refractivity contribution is 0.423. The molecule has 0 fully saturated rings. The Kier molecular flexibility index (Phi) is 3.07. The first-order valence-corrected chi connectivity index (χ1v) is 7.93. The van der Waals surface area contributed by atoms with E-state index in [-0.39, 0.29) is 11.9 Å². The molecule has 2 heteroatoms. The molecule has 0 saturated carbocycles. The van der Waals surface area contributed by atoms with E-state index in [1.807, 2.05) is 6.07 Å². The molecule has 2 aromatic rings. The molecule has 4 rings (SSSR count). The number of benzene rings is 2. The lowest BCUT2D eigenvalue weighted by Crippen LogP contribution is -2.29. The largest absolute Gasteiger partial charge is 0.378 e. The summed E-state index contributed by atoms with van der Waals surface area (Å²) in [6.07, 6.45) is 5.66. The fourth-order valence-electron chi connectivity index (χ4n) is 4.17. The van der Waals surface area contributed by atoms with E-state index < -0.39 is 0 Å². The van der Waals surface area contributed by atoms with Crippen molar-refractivity contribution in [3.63, 3.8) is 0 Å². The Hall–Kier alpha value is -2.09. The molecule has 1 N–H and O–H groups in total. The SMILES string of the molecule is Cc1cc(C)c2c(c1)N[C@H](c1cccc(F)c1)[C@@H]1CC=C[C@@H]21. The van der Waals surface area contributed by atoms with Crippen molar-refractivity contribution in [2.75, 3.05) is 5.32 Å². The van der Waals surface area contributed by atoms with Crippen LogP contribution in [-0.2, 0) is 0 Å². The maximum absolute atomic E-state index is 13.6. The fraction of sp³-hybridized carbons (Fsp3) is 0.300. The zero-order valence-electron chi connectivity index (χ0n) is 12.9. The molecule has 0 bridgehead atoms. The van der Waals surface area contributed by atoms with Crippen molar-refractivity contribution in [1.29, 1.82) is 0 Å².